The molecule has 1 amide bonds. The Bertz CT molecular complexity index is 1430. The summed E-state index contributed by atoms with van der Waals surface area (Å²) in [6, 6.07) is 10.6. The largest absolute Gasteiger partial charge is 0.495 e. The first-order valence-electron chi connectivity index (χ1n) is 11.4. The van der Waals surface area contributed by atoms with E-state index in [1.54, 1.807) is 32.6 Å². The second-order valence-corrected chi connectivity index (χ2v) is 8.93. The van der Waals surface area contributed by atoms with Gasteiger partial charge in [0, 0.05) is 19.8 Å². The lowest BCUT2D eigenvalue weighted by atomic mass is 9.95. The maximum Gasteiger partial charge on any atom is 0.318 e. The summed E-state index contributed by atoms with van der Waals surface area (Å²) in [5.41, 5.74) is 2.93. The number of aromatic nitrogens is 2. The molecule has 0 aliphatic carbocycles. The first kappa shape index (κ1) is 21.4. The van der Waals surface area contributed by atoms with Crippen LogP contribution in [0.1, 0.15) is 29.7 Å². The Morgan fingerprint density at radius 1 is 1.26 bits per heavy atom. The summed E-state index contributed by atoms with van der Waals surface area (Å²) in [5.74, 6) is 0.505. The predicted molar refractivity (Wildman–Crippen MR) is 129 cm³/mol. The average Bonchev–Trinajstić information content (AvgIpc) is 3.53. The van der Waals surface area contributed by atoms with Crippen LogP contribution in [-0.4, -0.2) is 46.9 Å². The van der Waals surface area contributed by atoms with Gasteiger partial charge in [-0.3, -0.25) is 4.79 Å². The fourth-order valence-electron chi connectivity index (χ4n) is 5.20. The van der Waals surface area contributed by atoms with E-state index in [0.717, 1.165) is 35.4 Å². The zero-order valence-electron chi connectivity index (χ0n) is 19.7. The number of hydrogen-bond donors (Lipinski definition) is 0. The number of amides is 1. The first-order chi connectivity index (χ1) is 16.9. The summed E-state index contributed by atoms with van der Waals surface area (Å²) in [6.45, 7) is 2.52. The van der Waals surface area contributed by atoms with Crippen LogP contribution in [0.4, 0.5) is 10.1 Å². The number of oxime groups is 1. The van der Waals surface area contributed by atoms with Crippen LogP contribution in [0.2, 0.25) is 0 Å². The lowest BCUT2D eigenvalue weighted by Gasteiger charge is -2.36. The number of likely N-dealkylation sites (N-methyl/N-ethyl adjacent to an activating group) is 1. The second kappa shape index (κ2) is 7.69. The topological polar surface area (TPSA) is 72.2 Å². The third-order valence-corrected chi connectivity index (χ3v) is 6.83. The number of benzene rings is 2. The van der Waals surface area contributed by atoms with E-state index in [9.17, 15) is 9.18 Å². The summed E-state index contributed by atoms with van der Waals surface area (Å²) in [4.78, 5) is 26.8. The lowest BCUT2D eigenvalue weighted by Crippen LogP contribution is -2.54. The van der Waals surface area contributed by atoms with Crippen LogP contribution >= 0.6 is 0 Å². The summed E-state index contributed by atoms with van der Waals surface area (Å²) in [6.07, 6.45) is 7.31. The van der Waals surface area contributed by atoms with Crippen molar-refractivity contribution >= 4 is 23.5 Å². The zero-order chi connectivity index (χ0) is 24.3. The standard InChI is InChI=1S/C26H24FN5O3/c1-16-14-31(15-28-16)21-10-9-17(13-22(21)34-3)12-18-6-5-11-32-24(18)29-35-26(32)19-7-4-8-20(27)23(19)30(2)25(26)33/h4,7-10,12-15H,5-6,11H2,1-3H3/b18-12-. The van der Waals surface area contributed by atoms with Crippen LogP contribution in [0, 0.1) is 12.7 Å². The summed E-state index contributed by atoms with van der Waals surface area (Å²) in [5, 5.41) is 4.36. The summed E-state index contributed by atoms with van der Waals surface area (Å²) >= 11 is 0. The van der Waals surface area contributed by atoms with Crippen molar-refractivity contribution in [2.24, 2.45) is 5.16 Å². The summed E-state index contributed by atoms with van der Waals surface area (Å²) in [7, 11) is 3.20. The molecule has 35 heavy (non-hydrogen) atoms. The maximum atomic E-state index is 14.6. The van der Waals surface area contributed by atoms with E-state index in [2.05, 4.69) is 10.1 Å². The van der Waals surface area contributed by atoms with Crippen molar-refractivity contribution in [2.45, 2.75) is 25.5 Å². The minimum atomic E-state index is -1.47. The SMILES string of the molecule is COc1cc(/C=C2/CCCN3C2=NOC32C(=O)N(C)c3c(F)cccc32)ccc1-n1cnc(C)c1. The minimum Gasteiger partial charge on any atom is -0.495 e. The molecule has 0 radical (unpaired) electrons. The Labute approximate surface area is 201 Å². The molecule has 8 nitrogen and oxygen atoms in total. The van der Waals surface area contributed by atoms with Gasteiger partial charge in [0.05, 0.1) is 36.1 Å². The number of rotatable bonds is 3. The molecule has 4 heterocycles. The third-order valence-electron chi connectivity index (χ3n) is 6.83. The number of carbonyl (C=O) groups excluding carboxylic acids is 1. The van der Waals surface area contributed by atoms with Gasteiger partial charge in [-0.1, -0.05) is 23.4 Å². The molecule has 3 aliphatic heterocycles. The van der Waals surface area contributed by atoms with Gasteiger partial charge in [0.2, 0.25) is 0 Å². The van der Waals surface area contributed by atoms with E-state index in [-0.39, 0.29) is 11.6 Å². The molecule has 3 aliphatic rings. The number of fused-ring (bicyclic) bond motifs is 4. The van der Waals surface area contributed by atoms with E-state index in [4.69, 9.17) is 9.57 Å². The Kier molecular flexibility index (Phi) is 4.70. The highest BCUT2D eigenvalue weighted by Gasteiger charge is 2.62. The number of carbonyl (C=O) groups is 1. The molecule has 1 unspecified atom stereocenters. The highest BCUT2D eigenvalue weighted by atomic mass is 19.1. The van der Waals surface area contributed by atoms with Crippen molar-refractivity contribution in [1.29, 1.82) is 0 Å². The molecule has 1 spiro atoms. The number of anilines is 1. The van der Waals surface area contributed by atoms with Gasteiger partial charge in [-0.2, -0.15) is 0 Å². The minimum absolute atomic E-state index is 0.236. The number of hydrogen-bond acceptors (Lipinski definition) is 6. The zero-order valence-corrected chi connectivity index (χ0v) is 19.7. The molecular weight excluding hydrogens is 449 g/mol. The van der Waals surface area contributed by atoms with Crippen LogP contribution in [-0.2, 0) is 15.4 Å². The molecule has 1 saturated heterocycles. The van der Waals surface area contributed by atoms with Crippen LogP contribution in [0.3, 0.4) is 0 Å². The molecule has 1 aromatic heterocycles. The number of methoxy groups -OCH3 is 1. The Hall–Kier alpha value is -4.14. The number of aryl methyl sites for hydroxylation is 1. The molecule has 178 valence electrons. The van der Waals surface area contributed by atoms with Crippen molar-refractivity contribution in [3.05, 3.63) is 77.1 Å². The van der Waals surface area contributed by atoms with Crippen LogP contribution in [0.25, 0.3) is 11.8 Å². The van der Waals surface area contributed by atoms with Gasteiger partial charge in [0.15, 0.2) is 5.84 Å². The number of nitrogens with zero attached hydrogens (tertiary/aromatic N) is 5. The first-order valence-corrected chi connectivity index (χ1v) is 11.4. The van der Waals surface area contributed by atoms with Crippen molar-refractivity contribution < 1.29 is 18.8 Å². The van der Waals surface area contributed by atoms with Crippen LogP contribution in [0.15, 0.2) is 59.7 Å². The number of para-hydroxylation sites is 1. The number of amidine groups is 1. The number of ether oxygens (including phenoxy) is 1. The number of imidazole rings is 1. The second-order valence-electron chi connectivity index (χ2n) is 8.93. The third kappa shape index (κ3) is 3.00. The molecule has 1 fully saturated rings. The van der Waals surface area contributed by atoms with Gasteiger partial charge >= 0.3 is 5.72 Å². The highest BCUT2D eigenvalue weighted by molar-refractivity contribution is 6.12. The highest BCUT2D eigenvalue weighted by Crippen LogP contribution is 2.50. The van der Waals surface area contributed by atoms with Gasteiger partial charge in [-0.15, -0.1) is 0 Å². The summed E-state index contributed by atoms with van der Waals surface area (Å²) < 4.78 is 22.2. The fraction of sp³-hybridized carbons (Fsp3) is 0.269. The van der Waals surface area contributed by atoms with Crippen LogP contribution < -0.4 is 9.64 Å². The van der Waals surface area contributed by atoms with E-state index in [1.165, 1.54) is 11.0 Å². The van der Waals surface area contributed by atoms with Crippen molar-refractivity contribution in [3.63, 3.8) is 0 Å². The van der Waals surface area contributed by atoms with E-state index < -0.39 is 11.5 Å². The van der Waals surface area contributed by atoms with Gasteiger partial charge in [-0.25, -0.2) is 9.37 Å². The number of piperidine rings is 1. The average molecular weight is 474 g/mol. The molecule has 2 aromatic carbocycles. The Balaban J connectivity index is 1.37. The van der Waals surface area contributed by atoms with E-state index in [1.807, 2.05) is 46.9 Å². The van der Waals surface area contributed by atoms with Crippen molar-refractivity contribution in [1.82, 2.24) is 14.5 Å². The van der Waals surface area contributed by atoms with E-state index in [0.29, 0.717) is 23.7 Å². The Morgan fingerprint density at radius 3 is 2.89 bits per heavy atom. The Morgan fingerprint density at radius 2 is 2.11 bits per heavy atom. The quantitative estimate of drug-likeness (QED) is 0.576. The lowest BCUT2D eigenvalue weighted by molar-refractivity contribution is -0.157. The predicted octanol–water partition coefficient (Wildman–Crippen LogP) is 3.98. The maximum absolute atomic E-state index is 14.6. The smallest absolute Gasteiger partial charge is 0.318 e. The molecule has 6 rings (SSSR count). The molecule has 0 bridgehead atoms. The van der Waals surface area contributed by atoms with E-state index >= 15 is 0 Å². The molecular formula is C26H24FN5O3. The van der Waals surface area contributed by atoms with Gasteiger partial charge in [0.1, 0.15) is 11.6 Å². The normalized spacial score (nSPS) is 21.9. The number of halogens is 1. The van der Waals surface area contributed by atoms with Crippen molar-refractivity contribution in [2.75, 3.05) is 25.6 Å². The monoisotopic (exact) mass is 473 g/mol. The van der Waals surface area contributed by atoms with Crippen LogP contribution in [0.5, 0.6) is 5.75 Å². The molecule has 3 aromatic rings. The van der Waals surface area contributed by atoms with Gasteiger partial charge in [0.25, 0.3) is 5.91 Å². The fourth-order valence-corrected chi connectivity index (χ4v) is 5.20. The molecule has 9 heteroatoms. The molecule has 0 N–H and O–H groups in total. The molecule has 1 atom stereocenters. The van der Waals surface area contributed by atoms with Gasteiger partial charge < -0.3 is 23.9 Å². The van der Waals surface area contributed by atoms with Crippen molar-refractivity contribution in [3.8, 4) is 11.4 Å². The van der Waals surface area contributed by atoms with Gasteiger partial charge in [-0.05, 0) is 55.2 Å². The molecule has 0 saturated carbocycles.